The van der Waals surface area contributed by atoms with Crippen LogP contribution in [-0.4, -0.2) is 44.6 Å². The van der Waals surface area contributed by atoms with Crippen molar-refractivity contribution < 1.29 is 12.6 Å². The van der Waals surface area contributed by atoms with E-state index in [1.165, 1.54) is 44.9 Å². The van der Waals surface area contributed by atoms with Crippen LogP contribution in [0.5, 0.6) is 0 Å². The normalized spacial score (nSPS) is 11.2. The van der Waals surface area contributed by atoms with E-state index in [2.05, 4.69) is 11.1 Å². The summed E-state index contributed by atoms with van der Waals surface area (Å²) in [5.41, 5.74) is 0. The van der Waals surface area contributed by atoms with Gasteiger partial charge in [0.1, 0.15) is 0 Å². The molecule has 1 radical (unpaired) electrons. The van der Waals surface area contributed by atoms with Gasteiger partial charge < -0.3 is 0 Å². The van der Waals surface area contributed by atoms with E-state index >= 15 is 0 Å². The van der Waals surface area contributed by atoms with Crippen molar-refractivity contribution in [1.29, 1.82) is 0 Å². The van der Waals surface area contributed by atoms with Crippen molar-refractivity contribution in [3.63, 3.8) is 0 Å². The third kappa shape index (κ3) is 19.2. The largest absolute Gasteiger partial charge is 0.333 e. The molecule has 4 nitrogen and oxygen atoms in total. The molecule has 18 heavy (non-hydrogen) atoms. The van der Waals surface area contributed by atoms with Crippen LogP contribution in [0, 0.1) is 0 Å². The van der Waals surface area contributed by atoms with E-state index in [-0.39, 0.29) is 36.2 Å². The van der Waals surface area contributed by atoms with Gasteiger partial charge in [0.25, 0.3) is 0 Å². The second-order valence-corrected chi connectivity index (χ2v) is 5.72. The van der Waals surface area contributed by atoms with Crippen molar-refractivity contribution in [2.75, 3.05) is 6.61 Å². The summed E-state index contributed by atoms with van der Waals surface area (Å²) in [6, 6.07) is 0. The molecule has 0 aliphatic carbocycles. The van der Waals surface area contributed by atoms with E-state index in [0.717, 1.165) is 19.3 Å². The van der Waals surface area contributed by atoms with Crippen LogP contribution in [0.2, 0.25) is 0 Å². The van der Waals surface area contributed by atoms with Crippen molar-refractivity contribution in [2.24, 2.45) is 5.14 Å². The molecule has 0 aliphatic rings. The average molecular weight is 288 g/mol. The van der Waals surface area contributed by atoms with Gasteiger partial charge >= 0.3 is 10.3 Å². The topological polar surface area (TPSA) is 69.4 Å². The Balaban J connectivity index is 0. The first kappa shape index (κ1) is 21.2. The molecular weight excluding hydrogens is 261 g/mol. The standard InChI is InChI=1S/C12H27NO3S.Na/c1-2-3-4-5-6-7-8-9-10-11-12-16-17(13,14)15;/h2-12H2,1H3,(H2,13,14,15);. The molecule has 0 aliphatic heterocycles. The molecule has 105 valence electrons. The van der Waals surface area contributed by atoms with Gasteiger partial charge in [0.2, 0.25) is 0 Å². The summed E-state index contributed by atoms with van der Waals surface area (Å²) in [6.07, 6.45) is 12.2. The summed E-state index contributed by atoms with van der Waals surface area (Å²) >= 11 is 0. The first-order valence-corrected chi connectivity index (χ1v) is 8.20. The van der Waals surface area contributed by atoms with Crippen LogP contribution in [0.3, 0.4) is 0 Å². The Morgan fingerprint density at radius 3 is 1.61 bits per heavy atom. The van der Waals surface area contributed by atoms with E-state index in [1.807, 2.05) is 0 Å². The van der Waals surface area contributed by atoms with Gasteiger partial charge in [-0.1, -0.05) is 64.7 Å². The molecule has 0 aromatic rings. The molecule has 0 aromatic carbocycles. The molecule has 0 aromatic heterocycles. The summed E-state index contributed by atoms with van der Waals surface area (Å²) in [5.74, 6) is 0. The summed E-state index contributed by atoms with van der Waals surface area (Å²) in [4.78, 5) is 0. The molecule has 0 unspecified atom stereocenters. The number of rotatable bonds is 12. The van der Waals surface area contributed by atoms with E-state index in [1.54, 1.807) is 0 Å². The molecule has 0 fully saturated rings. The molecule has 0 amide bonds. The van der Waals surface area contributed by atoms with Crippen LogP contribution in [0.25, 0.3) is 0 Å². The van der Waals surface area contributed by atoms with Crippen molar-refractivity contribution in [3.8, 4) is 0 Å². The Hall–Kier alpha value is 0.870. The first-order valence-electron chi connectivity index (χ1n) is 6.73. The molecule has 0 atom stereocenters. The van der Waals surface area contributed by atoms with Gasteiger partial charge in [-0.05, 0) is 6.42 Å². The van der Waals surface area contributed by atoms with Gasteiger partial charge in [0.05, 0.1) is 6.61 Å². The Bertz CT molecular complexity index is 258. The van der Waals surface area contributed by atoms with Crippen molar-refractivity contribution >= 4 is 39.9 Å². The van der Waals surface area contributed by atoms with Gasteiger partial charge in [-0.15, -0.1) is 0 Å². The Labute approximate surface area is 135 Å². The number of hydrogen-bond acceptors (Lipinski definition) is 3. The monoisotopic (exact) mass is 288 g/mol. The second-order valence-electron chi connectivity index (χ2n) is 4.50. The van der Waals surface area contributed by atoms with Crippen LogP contribution in [0.4, 0.5) is 0 Å². The van der Waals surface area contributed by atoms with E-state index in [4.69, 9.17) is 5.14 Å². The fraction of sp³-hybridized carbons (Fsp3) is 1.00. The number of nitrogens with two attached hydrogens (primary N) is 1. The van der Waals surface area contributed by atoms with Crippen LogP contribution in [0.1, 0.15) is 71.1 Å². The molecule has 6 heteroatoms. The zero-order valence-corrected chi connectivity index (χ0v) is 14.8. The SMILES string of the molecule is CCCCCCCCCCCCOS(N)(=O)=O.[Na]. The maximum Gasteiger partial charge on any atom is 0.333 e. The zero-order valence-electron chi connectivity index (χ0n) is 12.0. The third-order valence-corrected chi connectivity index (χ3v) is 3.24. The van der Waals surface area contributed by atoms with E-state index in [0.29, 0.717) is 0 Å². The second kappa shape index (κ2) is 14.3. The van der Waals surface area contributed by atoms with Crippen molar-refractivity contribution in [2.45, 2.75) is 71.1 Å². The third-order valence-electron chi connectivity index (χ3n) is 2.75. The first-order chi connectivity index (χ1) is 8.06. The molecule has 0 saturated carbocycles. The van der Waals surface area contributed by atoms with E-state index < -0.39 is 10.3 Å². The van der Waals surface area contributed by atoms with Crippen LogP contribution >= 0.6 is 0 Å². The summed E-state index contributed by atoms with van der Waals surface area (Å²) in [7, 11) is -3.73. The zero-order chi connectivity index (χ0) is 13.0. The van der Waals surface area contributed by atoms with Gasteiger partial charge in [0.15, 0.2) is 0 Å². The minimum atomic E-state index is -3.73. The maximum atomic E-state index is 10.4. The Kier molecular flexibility index (Phi) is 16.8. The Morgan fingerprint density at radius 2 is 1.22 bits per heavy atom. The maximum absolute atomic E-state index is 10.4. The molecule has 0 rings (SSSR count). The van der Waals surface area contributed by atoms with Crippen LogP contribution < -0.4 is 5.14 Å². The minimum absolute atomic E-state index is 0. The molecule has 0 spiro atoms. The summed E-state index contributed by atoms with van der Waals surface area (Å²) in [5, 5.41) is 4.71. The van der Waals surface area contributed by atoms with Crippen molar-refractivity contribution in [3.05, 3.63) is 0 Å². The Morgan fingerprint density at radius 1 is 0.833 bits per heavy atom. The minimum Gasteiger partial charge on any atom is -0.258 e. The van der Waals surface area contributed by atoms with Crippen molar-refractivity contribution in [1.82, 2.24) is 0 Å². The van der Waals surface area contributed by atoms with Crippen LogP contribution in [0.15, 0.2) is 0 Å². The van der Waals surface area contributed by atoms with Gasteiger partial charge in [0, 0.05) is 29.6 Å². The number of unbranched alkanes of at least 4 members (excludes halogenated alkanes) is 9. The molecular formula is C12H27NNaO3S. The predicted molar refractivity (Wildman–Crippen MR) is 76.7 cm³/mol. The van der Waals surface area contributed by atoms with Gasteiger partial charge in [-0.25, -0.2) is 5.14 Å². The number of hydrogen-bond donors (Lipinski definition) is 1. The predicted octanol–water partition coefficient (Wildman–Crippen LogP) is 2.75. The molecule has 0 heterocycles. The fourth-order valence-electron chi connectivity index (χ4n) is 1.76. The molecule has 0 bridgehead atoms. The fourth-order valence-corrected chi connectivity index (χ4v) is 2.11. The summed E-state index contributed by atoms with van der Waals surface area (Å²) in [6.45, 7) is 2.44. The smallest absolute Gasteiger partial charge is 0.258 e. The molecule has 0 saturated heterocycles. The van der Waals surface area contributed by atoms with E-state index in [9.17, 15) is 8.42 Å². The quantitative estimate of drug-likeness (QED) is 0.443. The average Bonchev–Trinajstić information content (AvgIpc) is 2.24. The van der Waals surface area contributed by atoms with Crippen LogP contribution in [-0.2, 0) is 14.5 Å². The van der Waals surface area contributed by atoms with Gasteiger partial charge in [-0.3, -0.25) is 4.18 Å². The summed E-state index contributed by atoms with van der Waals surface area (Å²) < 4.78 is 25.3. The molecule has 2 N–H and O–H groups in total. The van der Waals surface area contributed by atoms with Gasteiger partial charge in [-0.2, -0.15) is 8.42 Å².